The van der Waals surface area contributed by atoms with E-state index in [-0.39, 0.29) is 18.0 Å². The van der Waals surface area contributed by atoms with Gasteiger partial charge in [0.05, 0.1) is 18.1 Å². The van der Waals surface area contributed by atoms with Gasteiger partial charge in [-0.1, -0.05) is 0 Å². The fourth-order valence-electron chi connectivity index (χ4n) is 2.59. The maximum absolute atomic E-state index is 14.0. The number of nitrogens with zero attached hydrogens (tertiary/aromatic N) is 1. The Balaban J connectivity index is 2.17. The molecule has 0 saturated carbocycles. The van der Waals surface area contributed by atoms with Crippen LogP contribution < -0.4 is 10.1 Å². The number of likely N-dealkylation sites (tertiary alicyclic amines) is 1. The first-order valence-electron chi connectivity index (χ1n) is 6.76. The molecule has 2 rings (SSSR count). The zero-order chi connectivity index (χ0) is 15.6. The third kappa shape index (κ3) is 2.84. The topological polar surface area (TPSA) is 58.6 Å². The van der Waals surface area contributed by atoms with Crippen molar-refractivity contribution in [3.05, 3.63) is 29.6 Å². The number of rotatable bonds is 3. The number of carbonyl (C=O) groups excluding carboxylic acids is 2. The van der Waals surface area contributed by atoms with Crippen LogP contribution in [0, 0.1) is 11.2 Å². The predicted octanol–water partition coefficient (Wildman–Crippen LogP) is 1.43. The number of benzene rings is 1. The summed E-state index contributed by atoms with van der Waals surface area (Å²) in [6.07, 6.45) is 0.566. The van der Waals surface area contributed by atoms with E-state index < -0.39 is 17.1 Å². The number of nitrogens with one attached hydrogen (secondary N) is 1. The Morgan fingerprint density at radius 1 is 1.43 bits per heavy atom. The van der Waals surface area contributed by atoms with Gasteiger partial charge in [0, 0.05) is 26.2 Å². The van der Waals surface area contributed by atoms with Gasteiger partial charge in [0.25, 0.3) is 5.91 Å². The normalized spacial score (nSPS) is 21.2. The molecule has 1 fully saturated rings. The summed E-state index contributed by atoms with van der Waals surface area (Å²) >= 11 is 0. The standard InChI is InChI=1S/C15H19FN2O3/c1-15(14(20)17-2)6-7-18(9-15)13(19)11-5-4-10(21-3)8-12(11)16/h4-5,8H,6-7,9H2,1-3H3,(H,17,20). The number of hydrogen-bond donors (Lipinski definition) is 1. The van der Waals surface area contributed by atoms with Crippen LogP contribution in [-0.4, -0.2) is 44.0 Å². The van der Waals surface area contributed by atoms with Crippen LogP contribution in [0.2, 0.25) is 0 Å². The van der Waals surface area contributed by atoms with Gasteiger partial charge in [-0.25, -0.2) is 4.39 Å². The van der Waals surface area contributed by atoms with E-state index in [2.05, 4.69) is 5.32 Å². The number of methoxy groups -OCH3 is 1. The molecule has 2 amide bonds. The van der Waals surface area contributed by atoms with Crippen molar-refractivity contribution in [2.75, 3.05) is 27.2 Å². The van der Waals surface area contributed by atoms with Gasteiger partial charge < -0.3 is 15.0 Å². The van der Waals surface area contributed by atoms with E-state index in [9.17, 15) is 14.0 Å². The van der Waals surface area contributed by atoms with Crippen molar-refractivity contribution < 1.29 is 18.7 Å². The van der Waals surface area contributed by atoms with E-state index in [1.807, 2.05) is 6.92 Å². The number of amides is 2. The first-order chi connectivity index (χ1) is 9.91. The van der Waals surface area contributed by atoms with Crippen molar-refractivity contribution in [3.63, 3.8) is 0 Å². The Kier molecular flexibility index (Phi) is 4.16. The fraction of sp³-hybridized carbons (Fsp3) is 0.467. The molecule has 5 nitrogen and oxygen atoms in total. The third-order valence-electron chi connectivity index (χ3n) is 3.94. The molecule has 1 heterocycles. The van der Waals surface area contributed by atoms with E-state index >= 15 is 0 Å². The SMILES string of the molecule is CNC(=O)C1(C)CCN(C(=O)c2ccc(OC)cc2F)C1. The molecule has 0 radical (unpaired) electrons. The van der Waals surface area contributed by atoms with Crippen LogP contribution in [0.5, 0.6) is 5.75 Å². The average molecular weight is 294 g/mol. The van der Waals surface area contributed by atoms with Crippen molar-refractivity contribution in [1.82, 2.24) is 10.2 Å². The van der Waals surface area contributed by atoms with Crippen LogP contribution in [0.1, 0.15) is 23.7 Å². The second-order valence-corrected chi connectivity index (χ2v) is 5.46. The Morgan fingerprint density at radius 2 is 2.14 bits per heavy atom. The summed E-state index contributed by atoms with van der Waals surface area (Å²) in [5.74, 6) is -0.760. The second kappa shape index (κ2) is 5.71. The maximum Gasteiger partial charge on any atom is 0.256 e. The van der Waals surface area contributed by atoms with Crippen molar-refractivity contribution in [3.8, 4) is 5.75 Å². The molecular weight excluding hydrogens is 275 g/mol. The highest BCUT2D eigenvalue weighted by atomic mass is 19.1. The Morgan fingerprint density at radius 3 is 2.71 bits per heavy atom. The summed E-state index contributed by atoms with van der Waals surface area (Å²) < 4.78 is 18.9. The molecule has 6 heteroatoms. The highest BCUT2D eigenvalue weighted by molar-refractivity contribution is 5.95. The highest BCUT2D eigenvalue weighted by Gasteiger charge is 2.42. The van der Waals surface area contributed by atoms with Gasteiger partial charge in [-0.2, -0.15) is 0 Å². The molecule has 114 valence electrons. The van der Waals surface area contributed by atoms with Crippen LogP contribution >= 0.6 is 0 Å². The molecule has 0 aromatic heterocycles. The average Bonchev–Trinajstić information content (AvgIpc) is 2.89. The summed E-state index contributed by atoms with van der Waals surface area (Å²) in [7, 11) is 3.01. The molecular formula is C15H19FN2O3. The van der Waals surface area contributed by atoms with Gasteiger partial charge in [0.15, 0.2) is 0 Å². The largest absolute Gasteiger partial charge is 0.497 e. The summed E-state index contributed by atoms with van der Waals surface area (Å²) in [4.78, 5) is 25.7. The van der Waals surface area contributed by atoms with Crippen LogP contribution in [0.15, 0.2) is 18.2 Å². The molecule has 0 bridgehead atoms. The molecule has 1 unspecified atom stereocenters. The highest BCUT2D eigenvalue weighted by Crippen LogP contribution is 2.31. The maximum atomic E-state index is 14.0. The minimum absolute atomic E-state index is 0.00282. The molecule has 1 N–H and O–H groups in total. The Hall–Kier alpha value is -2.11. The van der Waals surface area contributed by atoms with Gasteiger partial charge in [-0.3, -0.25) is 9.59 Å². The van der Waals surface area contributed by atoms with E-state index in [0.717, 1.165) is 0 Å². The lowest BCUT2D eigenvalue weighted by atomic mass is 9.89. The van der Waals surface area contributed by atoms with E-state index in [0.29, 0.717) is 18.7 Å². The molecule has 1 aliphatic rings. The van der Waals surface area contributed by atoms with Crippen molar-refractivity contribution >= 4 is 11.8 Å². The van der Waals surface area contributed by atoms with E-state index in [4.69, 9.17) is 4.74 Å². The van der Waals surface area contributed by atoms with Gasteiger partial charge in [-0.05, 0) is 25.5 Å². The van der Waals surface area contributed by atoms with Gasteiger partial charge in [0.2, 0.25) is 5.91 Å². The fourth-order valence-corrected chi connectivity index (χ4v) is 2.59. The van der Waals surface area contributed by atoms with E-state index in [1.54, 1.807) is 13.1 Å². The molecule has 1 saturated heterocycles. The summed E-state index contributed by atoms with van der Waals surface area (Å²) in [5.41, 5.74) is -0.621. The van der Waals surface area contributed by atoms with Crippen LogP contribution in [0.25, 0.3) is 0 Å². The smallest absolute Gasteiger partial charge is 0.256 e. The molecule has 1 aliphatic heterocycles. The Labute approximate surface area is 123 Å². The van der Waals surface area contributed by atoms with Crippen LogP contribution in [0.3, 0.4) is 0 Å². The third-order valence-corrected chi connectivity index (χ3v) is 3.94. The van der Waals surface area contributed by atoms with Crippen molar-refractivity contribution in [1.29, 1.82) is 0 Å². The van der Waals surface area contributed by atoms with E-state index in [1.165, 1.54) is 24.1 Å². The lowest BCUT2D eigenvalue weighted by Gasteiger charge is -2.23. The monoisotopic (exact) mass is 294 g/mol. The molecule has 21 heavy (non-hydrogen) atoms. The molecule has 1 aromatic rings. The number of ether oxygens (including phenoxy) is 1. The zero-order valence-electron chi connectivity index (χ0n) is 12.4. The van der Waals surface area contributed by atoms with Crippen LogP contribution in [-0.2, 0) is 4.79 Å². The second-order valence-electron chi connectivity index (χ2n) is 5.46. The molecule has 1 atom stereocenters. The number of hydrogen-bond acceptors (Lipinski definition) is 3. The summed E-state index contributed by atoms with van der Waals surface area (Å²) in [6.45, 7) is 2.54. The quantitative estimate of drug-likeness (QED) is 0.917. The lowest BCUT2D eigenvalue weighted by Crippen LogP contribution is -2.40. The minimum atomic E-state index is -0.618. The first-order valence-corrected chi connectivity index (χ1v) is 6.76. The Bertz CT molecular complexity index is 576. The molecule has 1 aromatic carbocycles. The molecule has 0 aliphatic carbocycles. The van der Waals surface area contributed by atoms with Gasteiger partial charge in [0.1, 0.15) is 11.6 Å². The predicted molar refractivity (Wildman–Crippen MR) is 75.6 cm³/mol. The first kappa shape index (κ1) is 15.3. The van der Waals surface area contributed by atoms with Crippen molar-refractivity contribution in [2.45, 2.75) is 13.3 Å². The number of halogens is 1. The summed E-state index contributed by atoms with van der Waals surface area (Å²) in [6, 6.07) is 4.14. The van der Waals surface area contributed by atoms with Crippen molar-refractivity contribution in [2.24, 2.45) is 5.41 Å². The molecule has 0 spiro atoms. The minimum Gasteiger partial charge on any atom is -0.497 e. The van der Waals surface area contributed by atoms with Crippen LogP contribution in [0.4, 0.5) is 4.39 Å². The number of carbonyl (C=O) groups is 2. The zero-order valence-corrected chi connectivity index (χ0v) is 12.4. The summed E-state index contributed by atoms with van der Waals surface area (Å²) in [5, 5.41) is 2.61. The van der Waals surface area contributed by atoms with Gasteiger partial charge in [-0.15, -0.1) is 0 Å². The lowest BCUT2D eigenvalue weighted by molar-refractivity contribution is -0.128. The van der Waals surface area contributed by atoms with Gasteiger partial charge >= 0.3 is 0 Å².